The molecule has 1 aromatic rings. The topological polar surface area (TPSA) is 3.24 Å². The van der Waals surface area contributed by atoms with Gasteiger partial charge in [0, 0.05) is 13.1 Å². The Morgan fingerprint density at radius 3 is 2.36 bits per heavy atom. The van der Waals surface area contributed by atoms with Gasteiger partial charge in [-0.15, -0.1) is 6.07 Å². The summed E-state index contributed by atoms with van der Waals surface area (Å²) in [5, 5.41) is 0. The molecular weight excluding hydrogens is 165 g/mol. The largest absolute Gasteiger partial charge is 1.00 e. The van der Waals surface area contributed by atoms with Crippen LogP contribution in [-0.4, -0.2) is 13.1 Å². The first-order valence-corrected chi connectivity index (χ1v) is 5.02. The van der Waals surface area contributed by atoms with E-state index in [9.17, 15) is 0 Å². The van der Waals surface area contributed by atoms with E-state index in [0.717, 1.165) is 0 Å². The molecule has 70 valence electrons. The fraction of sp³-hybridized carbons (Fsp3) is 0.500. The Kier molecular flexibility index (Phi) is 4.10. The molecule has 0 spiro atoms. The quantitative estimate of drug-likeness (QED) is 0.425. The van der Waals surface area contributed by atoms with Gasteiger partial charge in [0.2, 0.25) is 0 Å². The molecular formula is C12H16LiN. The summed E-state index contributed by atoms with van der Waals surface area (Å²) < 4.78 is 0. The van der Waals surface area contributed by atoms with Gasteiger partial charge in [0.05, 0.1) is 0 Å². The van der Waals surface area contributed by atoms with Crippen molar-refractivity contribution in [3.05, 3.63) is 29.3 Å². The van der Waals surface area contributed by atoms with Crippen molar-refractivity contribution in [2.75, 3.05) is 18.0 Å². The van der Waals surface area contributed by atoms with Crippen LogP contribution in [0.5, 0.6) is 0 Å². The van der Waals surface area contributed by atoms with E-state index in [0.29, 0.717) is 0 Å². The standard InChI is InChI=1S/C12H16N.Li/c1-10-5-6-12(9-11(10)2)13-7-3-4-8-13;/h5-6H,3-4,7-8H2,1-2H3;/q-1;+1. The fourth-order valence-corrected chi connectivity index (χ4v) is 1.80. The zero-order valence-electron chi connectivity index (χ0n) is 9.43. The van der Waals surface area contributed by atoms with Crippen LogP contribution < -0.4 is 23.8 Å². The van der Waals surface area contributed by atoms with Gasteiger partial charge in [-0.25, -0.2) is 0 Å². The molecule has 0 aromatic heterocycles. The Morgan fingerprint density at radius 1 is 1.14 bits per heavy atom. The van der Waals surface area contributed by atoms with Crippen LogP contribution in [0.3, 0.4) is 0 Å². The second kappa shape index (κ2) is 4.91. The van der Waals surface area contributed by atoms with Gasteiger partial charge in [-0.05, 0) is 12.8 Å². The summed E-state index contributed by atoms with van der Waals surface area (Å²) in [6, 6.07) is 7.83. The van der Waals surface area contributed by atoms with Crippen LogP contribution in [0.1, 0.15) is 24.0 Å². The van der Waals surface area contributed by atoms with E-state index in [4.69, 9.17) is 0 Å². The maximum atomic E-state index is 3.44. The number of benzene rings is 1. The van der Waals surface area contributed by atoms with Crippen LogP contribution in [0.4, 0.5) is 5.69 Å². The zero-order valence-corrected chi connectivity index (χ0v) is 9.43. The maximum absolute atomic E-state index is 3.44. The molecule has 1 nitrogen and oxygen atoms in total. The van der Waals surface area contributed by atoms with Crippen molar-refractivity contribution in [1.29, 1.82) is 0 Å². The van der Waals surface area contributed by atoms with Gasteiger partial charge in [-0.2, -0.15) is 23.3 Å². The van der Waals surface area contributed by atoms with Crippen molar-refractivity contribution in [2.45, 2.75) is 26.7 Å². The predicted molar refractivity (Wildman–Crippen MR) is 56.2 cm³/mol. The molecule has 0 aliphatic carbocycles. The van der Waals surface area contributed by atoms with Crippen LogP contribution in [0.25, 0.3) is 0 Å². The van der Waals surface area contributed by atoms with E-state index in [1.54, 1.807) is 0 Å². The Morgan fingerprint density at radius 2 is 1.79 bits per heavy atom. The third kappa shape index (κ3) is 2.35. The molecule has 0 saturated carbocycles. The fourth-order valence-electron chi connectivity index (χ4n) is 1.80. The molecule has 0 amide bonds. The Hall–Kier alpha value is -0.383. The van der Waals surface area contributed by atoms with Gasteiger partial charge in [0.1, 0.15) is 0 Å². The molecule has 2 heteroatoms. The Labute approximate surface area is 98.7 Å². The van der Waals surface area contributed by atoms with Crippen LogP contribution in [0.2, 0.25) is 0 Å². The Bertz CT molecular complexity index is 303. The SMILES string of the molecule is Cc1[c-]c(N2CCCC2)ccc1C.[Li+]. The van der Waals surface area contributed by atoms with Gasteiger partial charge in [0.15, 0.2) is 0 Å². The van der Waals surface area contributed by atoms with Crippen molar-refractivity contribution >= 4 is 5.69 Å². The molecule has 1 heterocycles. The van der Waals surface area contributed by atoms with Crippen molar-refractivity contribution < 1.29 is 18.9 Å². The number of nitrogens with zero attached hydrogens (tertiary/aromatic N) is 1. The van der Waals surface area contributed by atoms with Crippen LogP contribution in [-0.2, 0) is 0 Å². The van der Waals surface area contributed by atoms with Crippen LogP contribution >= 0.6 is 0 Å². The molecule has 1 aromatic carbocycles. The van der Waals surface area contributed by atoms with E-state index in [1.807, 2.05) is 0 Å². The molecule has 0 bridgehead atoms. The van der Waals surface area contributed by atoms with Crippen molar-refractivity contribution in [2.24, 2.45) is 0 Å². The molecule has 1 aliphatic rings. The van der Waals surface area contributed by atoms with Crippen molar-refractivity contribution in [1.82, 2.24) is 0 Å². The van der Waals surface area contributed by atoms with Gasteiger partial charge in [-0.1, -0.05) is 19.5 Å². The molecule has 2 rings (SSSR count). The van der Waals surface area contributed by atoms with E-state index in [1.165, 1.54) is 42.7 Å². The summed E-state index contributed by atoms with van der Waals surface area (Å²) in [6.45, 7) is 6.69. The molecule has 0 unspecified atom stereocenters. The van der Waals surface area contributed by atoms with Crippen molar-refractivity contribution in [3.8, 4) is 0 Å². The number of hydrogen-bond acceptors (Lipinski definition) is 1. The summed E-state index contributed by atoms with van der Waals surface area (Å²) in [7, 11) is 0. The van der Waals surface area contributed by atoms with E-state index in [-0.39, 0.29) is 18.9 Å². The molecule has 14 heavy (non-hydrogen) atoms. The van der Waals surface area contributed by atoms with Gasteiger partial charge in [0.25, 0.3) is 0 Å². The predicted octanol–water partition coefficient (Wildman–Crippen LogP) is -0.292. The number of rotatable bonds is 1. The number of hydrogen-bond donors (Lipinski definition) is 0. The first kappa shape index (κ1) is 11.7. The monoisotopic (exact) mass is 181 g/mol. The van der Waals surface area contributed by atoms with Gasteiger partial charge in [-0.3, -0.25) is 0 Å². The average molecular weight is 181 g/mol. The van der Waals surface area contributed by atoms with E-state index < -0.39 is 0 Å². The maximum Gasteiger partial charge on any atom is 1.00 e. The van der Waals surface area contributed by atoms with Crippen LogP contribution in [0, 0.1) is 19.9 Å². The van der Waals surface area contributed by atoms with Crippen LogP contribution in [0.15, 0.2) is 12.1 Å². The summed E-state index contributed by atoms with van der Waals surface area (Å²) in [5.41, 5.74) is 3.90. The van der Waals surface area contributed by atoms with E-state index >= 15 is 0 Å². The molecule has 1 fully saturated rings. The zero-order chi connectivity index (χ0) is 9.26. The molecule has 0 N–H and O–H groups in total. The Balaban J connectivity index is 0.000000980. The number of anilines is 1. The summed E-state index contributed by atoms with van der Waals surface area (Å²) in [6.07, 6.45) is 2.67. The molecule has 1 aliphatic heterocycles. The average Bonchev–Trinajstić information content (AvgIpc) is 2.62. The normalized spacial score (nSPS) is 15.4. The number of aryl methyl sites for hydroxylation is 2. The second-order valence-corrected chi connectivity index (χ2v) is 3.85. The summed E-state index contributed by atoms with van der Waals surface area (Å²) in [4.78, 5) is 2.42. The second-order valence-electron chi connectivity index (χ2n) is 3.85. The molecule has 0 atom stereocenters. The minimum atomic E-state index is 0. The smallest absolute Gasteiger partial charge is 0.394 e. The first-order chi connectivity index (χ1) is 6.27. The van der Waals surface area contributed by atoms with E-state index in [2.05, 4.69) is 36.9 Å². The third-order valence-corrected chi connectivity index (χ3v) is 2.85. The molecule has 0 radical (unpaired) electrons. The summed E-state index contributed by atoms with van der Waals surface area (Å²) >= 11 is 0. The molecule has 1 saturated heterocycles. The minimum absolute atomic E-state index is 0. The minimum Gasteiger partial charge on any atom is -0.394 e. The van der Waals surface area contributed by atoms with Gasteiger partial charge < -0.3 is 4.90 Å². The first-order valence-electron chi connectivity index (χ1n) is 5.02. The summed E-state index contributed by atoms with van der Waals surface area (Å²) in [5.74, 6) is 0. The van der Waals surface area contributed by atoms with Gasteiger partial charge >= 0.3 is 18.9 Å². The third-order valence-electron chi connectivity index (χ3n) is 2.85. The van der Waals surface area contributed by atoms with Crippen molar-refractivity contribution in [3.63, 3.8) is 0 Å².